The molecular formula is C17H26IN3S. The molecule has 0 amide bonds. The minimum absolute atomic E-state index is 0. The van der Waals surface area contributed by atoms with Crippen LogP contribution in [-0.2, 0) is 0 Å². The van der Waals surface area contributed by atoms with Gasteiger partial charge in [-0.1, -0.05) is 38.1 Å². The zero-order valence-electron chi connectivity index (χ0n) is 13.4. The number of halogens is 1. The van der Waals surface area contributed by atoms with Gasteiger partial charge in [0.2, 0.25) is 0 Å². The summed E-state index contributed by atoms with van der Waals surface area (Å²) in [6.07, 6.45) is 1.14. The molecule has 22 heavy (non-hydrogen) atoms. The topological polar surface area (TPSA) is 41.6 Å². The minimum Gasteiger partial charge on any atom is -0.370 e. The Morgan fingerprint density at radius 3 is 2.45 bits per heavy atom. The lowest BCUT2D eigenvalue weighted by atomic mass is 10.0. The second-order valence-corrected chi connectivity index (χ2v) is 7.54. The van der Waals surface area contributed by atoms with Crippen LogP contribution in [0.3, 0.4) is 0 Å². The number of hydrogen-bond donors (Lipinski definition) is 1. The van der Waals surface area contributed by atoms with E-state index in [0.29, 0.717) is 17.9 Å². The number of benzene rings is 1. The summed E-state index contributed by atoms with van der Waals surface area (Å²) in [6, 6.07) is 9.44. The molecule has 1 saturated carbocycles. The van der Waals surface area contributed by atoms with Crippen LogP contribution >= 0.6 is 35.7 Å². The maximum Gasteiger partial charge on any atom is 0.191 e. The van der Waals surface area contributed by atoms with Crippen molar-refractivity contribution in [3.8, 4) is 0 Å². The van der Waals surface area contributed by atoms with Gasteiger partial charge in [-0.3, -0.25) is 0 Å². The van der Waals surface area contributed by atoms with Crippen molar-refractivity contribution in [2.45, 2.75) is 38.1 Å². The fraction of sp³-hybridized carbons (Fsp3) is 0.588. The number of aliphatic imine (C=N–C) groups is 1. The molecule has 1 aliphatic carbocycles. The Labute approximate surface area is 155 Å². The first kappa shape index (κ1) is 17.9. The molecule has 1 saturated heterocycles. The predicted molar refractivity (Wildman–Crippen MR) is 108 cm³/mol. The van der Waals surface area contributed by atoms with E-state index in [1.165, 1.54) is 22.6 Å². The number of rotatable bonds is 3. The van der Waals surface area contributed by atoms with E-state index in [1.807, 2.05) is 11.8 Å². The van der Waals surface area contributed by atoms with Gasteiger partial charge in [0.25, 0.3) is 0 Å². The fourth-order valence-corrected chi connectivity index (χ4v) is 3.76. The first-order valence-electron chi connectivity index (χ1n) is 7.91. The lowest BCUT2D eigenvalue weighted by molar-refractivity contribution is 0.455. The second kappa shape index (κ2) is 7.90. The van der Waals surface area contributed by atoms with Crippen LogP contribution in [0.4, 0.5) is 0 Å². The zero-order valence-corrected chi connectivity index (χ0v) is 16.5. The molecule has 1 aromatic carbocycles. The van der Waals surface area contributed by atoms with Gasteiger partial charge in [-0.05, 0) is 23.5 Å². The SMILES string of the molecule is CC(C)c1ccc(C2CC2N=C(N)N2CCSCC2)cc1.I. The van der Waals surface area contributed by atoms with E-state index in [4.69, 9.17) is 10.7 Å². The van der Waals surface area contributed by atoms with Gasteiger partial charge >= 0.3 is 0 Å². The highest BCUT2D eigenvalue weighted by atomic mass is 127. The molecule has 5 heteroatoms. The molecule has 2 fully saturated rings. The van der Waals surface area contributed by atoms with E-state index in [-0.39, 0.29) is 24.0 Å². The predicted octanol–water partition coefficient (Wildman–Crippen LogP) is 3.65. The Hall–Kier alpha value is -0.430. The monoisotopic (exact) mass is 431 g/mol. The molecule has 0 spiro atoms. The molecule has 0 radical (unpaired) electrons. The molecule has 0 aromatic heterocycles. The normalized spacial score (nSPS) is 25.0. The van der Waals surface area contributed by atoms with Crippen LogP contribution in [0, 0.1) is 0 Å². The maximum absolute atomic E-state index is 6.16. The van der Waals surface area contributed by atoms with Crippen molar-refractivity contribution in [1.29, 1.82) is 0 Å². The standard InChI is InChI=1S/C17H25N3S.HI/c1-12(2)13-3-5-14(6-4-13)15-11-16(15)19-17(18)20-7-9-21-10-8-20;/h3-6,12,15-16H,7-11H2,1-2H3,(H2,18,19);1H. The highest BCUT2D eigenvalue weighted by molar-refractivity contribution is 14.0. The Kier molecular flexibility index (Phi) is 6.44. The van der Waals surface area contributed by atoms with Crippen LogP contribution in [0.2, 0.25) is 0 Å². The van der Waals surface area contributed by atoms with Crippen molar-refractivity contribution in [3.63, 3.8) is 0 Å². The van der Waals surface area contributed by atoms with Gasteiger partial charge in [-0.15, -0.1) is 24.0 Å². The molecule has 2 atom stereocenters. The van der Waals surface area contributed by atoms with Crippen molar-refractivity contribution < 1.29 is 0 Å². The summed E-state index contributed by atoms with van der Waals surface area (Å²) in [6.45, 7) is 6.55. The summed E-state index contributed by atoms with van der Waals surface area (Å²) < 4.78 is 0. The third-order valence-corrected chi connectivity index (χ3v) is 5.36. The number of hydrogen-bond acceptors (Lipinski definition) is 2. The van der Waals surface area contributed by atoms with Gasteiger partial charge in [0.1, 0.15) is 0 Å². The summed E-state index contributed by atoms with van der Waals surface area (Å²) in [4.78, 5) is 6.97. The molecule has 3 nitrogen and oxygen atoms in total. The summed E-state index contributed by atoms with van der Waals surface area (Å²) in [5.74, 6) is 4.26. The second-order valence-electron chi connectivity index (χ2n) is 6.32. The van der Waals surface area contributed by atoms with Crippen LogP contribution in [-0.4, -0.2) is 41.5 Å². The average Bonchev–Trinajstić information content (AvgIpc) is 3.27. The van der Waals surface area contributed by atoms with Crippen molar-refractivity contribution in [3.05, 3.63) is 35.4 Å². The molecule has 2 N–H and O–H groups in total. The molecule has 122 valence electrons. The number of thioether (sulfide) groups is 1. The average molecular weight is 431 g/mol. The van der Waals surface area contributed by atoms with Gasteiger partial charge < -0.3 is 10.6 Å². The van der Waals surface area contributed by atoms with E-state index in [1.54, 1.807) is 0 Å². The van der Waals surface area contributed by atoms with Crippen molar-refractivity contribution >= 4 is 41.7 Å². The number of nitrogens with zero attached hydrogens (tertiary/aromatic N) is 2. The third kappa shape index (κ3) is 4.31. The van der Waals surface area contributed by atoms with E-state index in [0.717, 1.165) is 25.5 Å². The summed E-state index contributed by atoms with van der Waals surface area (Å²) in [5, 5.41) is 0. The van der Waals surface area contributed by atoms with Crippen molar-refractivity contribution in [2.75, 3.05) is 24.6 Å². The number of nitrogens with two attached hydrogens (primary N) is 1. The molecule has 1 aliphatic heterocycles. The van der Waals surface area contributed by atoms with Crippen LogP contribution in [0.25, 0.3) is 0 Å². The third-order valence-electron chi connectivity index (χ3n) is 4.42. The summed E-state index contributed by atoms with van der Waals surface area (Å²) >= 11 is 2.00. The molecule has 2 aliphatic rings. The van der Waals surface area contributed by atoms with Gasteiger partial charge in [0.15, 0.2) is 5.96 Å². The summed E-state index contributed by atoms with van der Waals surface area (Å²) in [5.41, 5.74) is 8.98. The van der Waals surface area contributed by atoms with Gasteiger partial charge in [-0.2, -0.15) is 11.8 Å². The van der Waals surface area contributed by atoms with Crippen LogP contribution in [0.1, 0.15) is 43.2 Å². The largest absolute Gasteiger partial charge is 0.370 e. The number of guanidine groups is 1. The zero-order chi connectivity index (χ0) is 14.8. The van der Waals surface area contributed by atoms with E-state index in [2.05, 4.69) is 43.0 Å². The van der Waals surface area contributed by atoms with Crippen molar-refractivity contribution in [2.24, 2.45) is 10.7 Å². The van der Waals surface area contributed by atoms with E-state index >= 15 is 0 Å². The first-order chi connectivity index (χ1) is 10.1. The van der Waals surface area contributed by atoms with Gasteiger partial charge in [0, 0.05) is 30.5 Å². The highest BCUT2D eigenvalue weighted by Crippen LogP contribution is 2.43. The fourth-order valence-electron chi connectivity index (χ4n) is 2.85. The Morgan fingerprint density at radius 2 is 1.86 bits per heavy atom. The molecule has 2 unspecified atom stereocenters. The maximum atomic E-state index is 6.16. The van der Waals surface area contributed by atoms with Gasteiger partial charge in [0.05, 0.1) is 6.04 Å². The van der Waals surface area contributed by atoms with E-state index < -0.39 is 0 Å². The first-order valence-corrected chi connectivity index (χ1v) is 9.06. The van der Waals surface area contributed by atoms with E-state index in [9.17, 15) is 0 Å². The molecule has 3 rings (SSSR count). The van der Waals surface area contributed by atoms with Crippen molar-refractivity contribution in [1.82, 2.24) is 4.90 Å². The smallest absolute Gasteiger partial charge is 0.191 e. The Morgan fingerprint density at radius 1 is 1.23 bits per heavy atom. The molecule has 0 bridgehead atoms. The van der Waals surface area contributed by atoms with Crippen LogP contribution in [0.15, 0.2) is 29.3 Å². The minimum atomic E-state index is 0. The Bertz CT molecular complexity index is 509. The Balaban J connectivity index is 0.00000176. The lowest BCUT2D eigenvalue weighted by Crippen LogP contribution is -2.42. The summed E-state index contributed by atoms with van der Waals surface area (Å²) in [7, 11) is 0. The van der Waals surface area contributed by atoms with Crippen LogP contribution < -0.4 is 5.73 Å². The highest BCUT2D eigenvalue weighted by Gasteiger charge is 2.38. The van der Waals surface area contributed by atoms with Crippen LogP contribution in [0.5, 0.6) is 0 Å². The quantitative estimate of drug-likeness (QED) is 0.452. The van der Waals surface area contributed by atoms with Gasteiger partial charge in [-0.25, -0.2) is 4.99 Å². The lowest BCUT2D eigenvalue weighted by Gasteiger charge is -2.27. The molecular weight excluding hydrogens is 405 g/mol. The molecule has 1 aromatic rings. The molecule has 1 heterocycles.